The van der Waals surface area contributed by atoms with Gasteiger partial charge in [-0.25, -0.2) is 4.79 Å². The highest BCUT2D eigenvalue weighted by atomic mass is 16.6. The molecule has 7 nitrogen and oxygen atoms in total. The normalized spacial score (nSPS) is 10.3. The van der Waals surface area contributed by atoms with Gasteiger partial charge in [-0.3, -0.25) is 15.2 Å². The molecule has 3 rings (SSSR count). The predicted octanol–water partition coefficient (Wildman–Crippen LogP) is 3.34. The zero-order valence-corrected chi connectivity index (χ0v) is 12.5. The molecule has 1 aromatic heterocycles. The highest BCUT2D eigenvalue weighted by Crippen LogP contribution is 2.18. The summed E-state index contributed by atoms with van der Waals surface area (Å²) in [6.07, 6.45) is 0. The van der Waals surface area contributed by atoms with E-state index in [0.29, 0.717) is 5.69 Å². The number of ether oxygens (including phenoxy) is 1. The molecule has 0 saturated heterocycles. The van der Waals surface area contributed by atoms with Gasteiger partial charge in [-0.1, -0.05) is 30.3 Å². The summed E-state index contributed by atoms with van der Waals surface area (Å²) in [7, 11) is 0. The van der Waals surface area contributed by atoms with Gasteiger partial charge in [0.15, 0.2) is 0 Å². The Morgan fingerprint density at radius 2 is 1.83 bits per heavy atom. The Hall–Kier alpha value is -3.48. The molecule has 1 heterocycles. The van der Waals surface area contributed by atoms with Gasteiger partial charge >= 0.3 is 5.97 Å². The molecule has 0 saturated carbocycles. The van der Waals surface area contributed by atoms with E-state index < -0.39 is 10.9 Å². The molecule has 0 fully saturated rings. The lowest BCUT2D eigenvalue weighted by molar-refractivity contribution is -0.384. The number of aromatic amines is 1. The van der Waals surface area contributed by atoms with Gasteiger partial charge < -0.3 is 4.74 Å². The summed E-state index contributed by atoms with van der Waals surface area (Å²) in [5, 5.41) is 17.6. The zero-order valence-electron chi connectivity index (χ0n) is 12.5. The minimum Gasteiger partial charge on any atom is -0.456 e. The van der Waals surface area contributed by atoms with Crippen molar-refractivity contribution < 1.29 is 14.5 Å². The maximum absolute atomic E-state index is 11.9. The maximum atomic E-state index is 11.9. The second-order valence-corrected chi connectivity index (χ2v) is 5.02. The van der Waals surface area contributed by atoms with Crippen molar-refractivity contribution in [3.8, 4) is 11.3 Å². The quantitative estimate of drug-likeness (QED) is 0.441. The van der Waals surface area contributed by atoms with Crippen LogP contribution >= 0.6 is 0 Å². The van der Waals surface area contributed by atoms with Gasteiger partial charge in [0.2, 0.25) is 0 Å². The van der Waals surface area contributed by atoms with Crippen molar-refractivity contribution in [2.75, 3.05) is 0 Å². The molecule has 0 spiro atoms. The molecular formula is C17H13N3O4. The molecule has 0 amide bonds. The Balaban J connectivity index is 1.62. The van der Waals surface area contributed by atoms with E-state index in [1.54, 1.807) is 6.07 Å². The predicted molar refractivity (Wildman–Crippen MR) is 86.2 cm³/mol. The molecule has 3 aromatic rings. The molecule has 0 atom stereocenters. The van der Waals surface area contributed by atoms with Gasteiger partial charge in [-0.2, -0.15) is 5.10 Å². The van der Waals surface area contributed by atoms with Gasteiger partial charge in [0.1, 0.15) is 6.61 Å². The van der Waals surface area contributed by atoms with E-state index in [-0.39, 0.29) is 17.9 Å². The standard InChI is InChI=1S/C17H13N3O4/c21-17(13-6-8-15(9-7-13)20(22)23)24-11-14-10-16(19-18-14)12-4-2-1-3-5-12/h1-10H,11H2,(H,18,19). The summed E-state index contributed by atoms with van der Waals surface area (Å²) < 4.78 is 5.18. The highest BCUT2D eigenvalue weighted by molar-refractivity contribution is 5.89. The van der Waals surface area contributed by atoms with E-state index in [2.05, 4.69) is 10.2 Å². The second kappa shape index (κ2) is 6.74. The van der Waals surface area contributed by atoms with Crippen LogP contribution in [0.15, 0.2) is 60.7 Å². The van der Waals surface area contributed by atoms with Crippen LogP contribution in [-0.2, 0) is 11.3 Å². The number of rotatable bonds is 5. The number of hydrogen-bond acceptors (Lipinski definition) is 5. The van der Waals surface area contributed by atoms with Crippen molar-refractivity contribution in [3.63, 3.8) is 0 Å². The highest BCUT2D eigenvalue weighted by Gasteiger charge is 2.11. The van der Waals surface area contributed by atoms with Gasteiger partial charge in [-0.15, -0.1) is 0 Å². The van der Waals surface area contributed by atoms with Crippen molar-refractivity contribution in [1.29, 1.82) is 0 Å². The third-order valence-corrected chi connectivity index (χ3v) is 3.37. The molecule has 7 heteroatoms. The van der Waals surface area contributed by atoms with Crippen LogP contribution in [0.4, 0.5) is 5.69 Å². The second-order valence-electron chi connectivity index (χ2n) is 5.02. The molecule has 0 aliphatic heterocycles. The number of carbonyl (C=O) groups excluding carboxylic acids is 1. The molecular weight excluding hydrogens is 310 g/mol. The van der Waals surface area contributed by atoms with Crippen LogP contribution in [0.2, 0.25) is 0 Å². The topological polar surface area (TPSA) is 98.1 Å². The number of carbonyl (C=O) groups is 1. The summed E-state index contributed by atoms with van der Waals surface area (Å²) in [4.78, 5) is 22.0. The van der Waals surface area contributed by atoms with Crippen molar-refractivity contribution in [3.05, 3.63) is 82.0 Å². The first-order valence-corrected chi connectivity index (χ1v) is 7.15. The molecule has 2 aromatic carbocycles. The van der Waals surface area contributed by atoms with Crippen molar-refractivity contribution in [2.45, 2.75) is 6.61 Å². The molecule has 0 bridgehead atoms. The summed E-state index contributed by atoms with van der Waals surface area (Å²) >= 11 is 0. The van der Waals surface area contributed by atoms with Crippen LogP contribution < -0.4 is 0 Å². The van der Waals surface area contributed by atoms with Gasteiger partial charge in [0.25, 0.3) is 5.69 Å². The number of nitro benzene ring substituents is 1. The summed E-state index contributed by atoms with van der Waals surface area (Å²) in [6, 6.07) is 16.7. The number of H-pyrrole nitrogens is 1. The van der Waals surface area contributed by atoms with E-state index in [1.807, 2.05) is 30.3 Å². The Morgan fingerprint density at radius 1 is 1.12 bits per heavy atom. The fourth-order valence-corrected chi connectivity index (χ4v) is 2.14. The van der Waals surface area contributed by atoms with Gasteiger partial charge in [-0.05, 0) is 18.2 Å². The van der Waals surface area contributed by atoms with Crippen molar-refractivity contribution in [2.24, 2.45) is 0 Å². The SMILES string of the molecule is O=C(OCc1cc(-c2ccccc2)n[nH]1)c1ccc([N+](=O)[O-])cc1. The molecule has 120 valence electrons. The third-order valence-electron chi connectivity index (χ3n) is 3.37. The Kier molecular flexibility index (Phi) is 4.33. The summed E-state index contributed by atoms with van der Waals surface area (Å²) in [5.41, 5.74) is 2.55. The molecule has 0 radical (unpaired) electrons. The number of nitrogens with one attached hydrogen (secondary N) is 1. The molecule has 0 unspecified atom stereocenters. The number of hydrogen-bond donors (Lipinski definition) is 1. The first kappa shape index (κ1) is 15.4. The van der Waals surface area contributed by atoms with E-state index in [0.717, 1.165) is 11.3 Å². The van der Waals surface area contributed by atoms with E-state index in [4.69, 9.17) is 4.74 Å². The lowest BCUT2D eigenvalue weighted by Crippen LogP contribution is -2.05. The zero-order chi connectivity index (χ0) is 16.9. The minimum atomic E-state index is -0.555. The van der Waals surface area contributed by atoms with E-state index in [9.17, 15) is 14.9 Å². The molecule has 0 aliphatic rings. The molecule has 0 aliphatic carbocycles. The maximum Gasteiger partial charge on any atom is 0.338 e. The number of aromatic nitrogens is 2. The van der Waals surface area contributed by atoms with Crippen LogP contribution in [-0.4, -0.2) is 21.1 Å². The van der Waals surface area contributed by atoms with E-state index in [1.165, 1.54) is 24.3 Å². The number of non-ortho nitro benzene ring substituents is 1. The number of nitrogens with zero attached hydrogens (tertiary/aromatic N) is 2. The third kappa shape index (κ3) is 3.46. The Labute approximate surface area is 137 Å². The lowest BCUT2D eigenvalue weighted by atomic mass is 10.1. The van der Waals surface area contributed by atoms with E-state index >= 15 is 0 Å². The molecule has 1 N–H and O–H groups in total. The number of esters is 1. The number of nitro groups is 1. The average molecular weight is 323 g/mol. The summed E-state index contributed by atoms with van der Waals surface area (Å²) in [5.74, 6) is -0.555. The van der Waals surface area contributed by atoms with Gasteiger partial charge in [0, 0.05) is 17.7 Å². The smallest absolute Gasteiger partial charge is 0.338 e. The first-order valence-electron chi connectivity index (χ1n) is 7.15. The van der Waals surface area contributed by atoms with Gasteiger partial charge in [0.05, 0.1) is 21.9 Å². The van der Waals surface area contributed by atoms with Crippen LogP contribution in [0.5, 0.6) is 0 Å². The Morgan fingerprint density at radius 3 is 2.50 bits per heavy atom. The summed E-state index contributed by atoms with van der Waals surface area (Å²) in [6.45, 7) is 0.0374. The van der Waals surface area contributed by atoms with Crippen LogP contribution in [0.1, 0.15) is 16.1 Å². The fourth-order valence-electron chi connectivity index (χ4n) is 2.14. The average Bonchev–Trinajstić information content (AvgIpc) is 3.09. The fraction of sp³-hybridized carbons (Fsp3) is 0.0588. The van der Waals surface area contributed by atoms with Crippen LogP contribution in [0.3, 0.4) is 0 Å². The Bertz CT molecular complexity index is 857. The number of benzene rings is 2. The molecule has 24 heavy (non-hydrogen) atoms. The lowest BCUT2D eigenvalue weighted by Gasteiger charge is -2.02. The monoisotopic (exact) mass is 323 g/mol. The largest absolute Gasteiger partial charge is 0.456 e. The van der Waals surface area contributed by atoms with Crippen molar-refractivity contribution in [1.82, 2.24) is 10.2 Å². The van der Waals surface area contributed by atoms with Crippen LogP contribution in [0, 0.1) is 10.1 Å². The van der Waals surface area contributed by atoms with Crippen LogP contribution in [0.25, 0.3) is 11.3 Å². The van der Waals surface area contributed by atoms with Crippen molar-refractivity contribution >= 4 is 11.7 Å². The minimum absolute atomic E-state index is 0.0374. The first-order chi connectivity index (χ1) is 11.6.